The third-order valence-electron chi connectivity index (χ3n) is 7.34. The lowest BCUT2D eigenvalue weighted by molar-refractivity contribution is 0.149. The molecule has 0 radical (unpaired) electrons. The van der Waals surface area contributed by atoms with Gasteiger partial charge in [-0.25, -0.2) is 19.2 Å². The first kappa shape index (κ1) is 23.1. The van der Waals surface area contributed by atoms with Crippen molar-refractivity contribution in [1.29, 1.82) is 0 Å². The number of nitrogens with zero attached hydrogens (tertiary/aromatic N) is 5. The SMILES string of the molecule is COc1ccc(CNc2nc3cc(OC)c(F)cc3c3nc([C@]45C[C@H]4CN(C(=O)O)C5)nn23)c(OC)c1. The van der Waals surface area contributed by atoms with E-state index in [2.05, 4.69) is 5.32 Å². The van der Waals surface area contributed by atoms with E-state index in [-0.39, 0.29) is 11.7 Å². The molecule has 2 aromatic heterocycles. The minimum Gasteiger partial charge on any atom is -0.497 e. The summed E-state index contributed by atoms with van der Waals surface area (Å²) in [4.78, 5) is 22.5. The van der Waals surface area contributed by atoms with Crippen LogP contribution in [0.2, 0.25) is 0 Å². The van der Waals surface area contributed by atoms with Crippen LogP contribution in [-0.4, -0.2) is 70.1 Å². The molecule has 4 aromatic rings. The first-order chi connectivity index (χ1) is 17.9. The fourth-order valence-electron chi connectivity index (χ4n) is 5.24. The van der Waals surface area contributed by atoms with E-state index in [4.69, 9.17) is 29.3 Å². The van der Waals surface area contributed by atoms with Gasteiger partial charge in [0.15, 0.2) is 23.0 Å². The van der Waals surface area contributed by atoms with Gasteiger partial charge < -0.3 is 29.5 Å². The van der Waals surface area contributed by atoms with Gasteiger partial charge in [0, 0.05) is 42.7 Å². The molecule has 2 atom stereocenters. The predicted molar refractivity (Wildman–Crippen MR) is 131 cm³/mol. The highest BCUT2D eigenvalue weighted by Crippen LogP contribution is 2.58. The number of methoxy groups -OCH3 is 3. The summed E-state index contributed by atoms with van der Waals surface area (Å²) in [7, 11) is 4.57. The number of carbonyl (C=O) groups is 1. The molecule has 192 valence electrons. The molecule has 2 N–H and O–H groups in total. The van der Waals surface area contributed by atoms with E-state index in [1.807, 2.05) is 12.1 Å². The van der Waals surface area contributed by atoms with E-state index in [0.29, 0.717) is 59.5 Å². The zero-order valence-electron chi connectivity index (χ0n) is 20.5. The van der Waals surface area contributed by atoms with Gasteiger partial charge in [-0.2, -0.15) is 4.52 Å². The largest absolute Gasteiger partial charge is 0.497 e. The Balaban J connectivity index is 1.44. The van der Waals surface area contributed by atoms with Gasteiger partial charge in [-0.15, -0.1) is 5.10 Å². The van der Waals surface area contributed by atoms with Gasteiger partial charge in [0.2, 0.25) is 5.95 Å². The summed E-state index contributed by atoms with van der Waals surface area (Å²) >= 11 is 0. The summed E-state index contributed by atoms with van der Waals surface area (Å²) in [6, 6.07) is 8.39. The van der Waals surface area contributed by atoms with Crippen LogP contribution in [0, 0.1) is 11.7 Å². The average molecular weight is 509 g/mol. The maximum Gasteiger partial charge on any atom is 0.407 e. The van der Waals surface area contributed by atoms with Gasteiger partial charge >= 0.3 is 6.09 Å². The van der Waals surface area contributed by atoms with Crippen molar-refractivity contribution in [3.05, 3.63) is 47.5 Å². The third-order valence-corrected chi connectivity index (χ3v) is 7.34. The fourth-order valence-corrected chi connectivity index (χ4v) is 5.24. The number of halogens is 1. The number of rotatable bonds is 7. The Kier molecular flexibility index (Phi) is 5.21. The van der Waals surface area contributed by atoms with Crippen LogP contribution in [0.25, 0.3) is 16.6 Å². The number of aromatic nitrogens is 4. The van der Waals surface area contributed by atoms with Crippen LogP contribution >= 0.6 is 0 Å². The van der Waals surface area contributed by atoms with E-state index in [9.17, 15) is 14.3 Å². The number of piperidine rings is 1. The fraction of sp³-hybridized carbons (Fsp3) is 0.360. The second-order valence-electron chi connectivity index (χ2n) is 9.36. The minimum atomic E-state index is -0.951. The minimum absolute atomic E-state index is 0.0700. The predicted octanol–water partition coefficient (Wildman–Crippen LogP) is 3.31. The highest BCUT2D eigenvalue weighted by atomic mass is 19.1. The first-order valence-corrected chi connectivity index (χ1v) is 11.7. The maximum atomic E-state index is 14.7. The van der Waals surface area contributed by atoms with Crippen LogP contribution in [0.5, 0.6) is 17.2 Å². The van der Waals surface area contributed by atoms with Crippen LogP contribution in [-0.2, 0) is 12.0 Å². The number of carboxylic acid groups (broad SMARTS) is 1. The molecular weight excluding hydrogens is 483 g/mol. The zero-order chi connectivity index (χ0) is 25.9. The molecule has 12 heteroatoms. The van der Waals surface area contributed by atoms with Crippen molar-refractivity contribution in [2.75, 3.05) is 39.7 Å². The van der Waals surface area contributed by atoms with Crippen LogP contribution in [0.4, 0.5) is 15.1 Å². The monoisotopic (exact) mass is 508 g/mol. The number of anilines is 1. The smallest absolute Gasteiger partial charge is 0.407 e. The van der Waals surface area contributed by atoms with Crippen molar-refractivity contribution in [1.82, 2.24) is 24.5 Å². The second-order valence-corrected chi connectivity index (χ2v) is 9.36. The van der Waals surface area contributed by atoms with Gasteiger partial charge in [-0.1, -0.05) is 0 Å². The Morgan fingerprint density at radius 1 is 1.16 bits per heavy atom. The third kappa shape index (κ3) is 3.62. The van der Waals surface area contributed by atoms with Gasteiger partial charge in [0.05, 0.1) is 32.3 Å². The Hall–Kier alpha value is -4.35. The molecular formula is C25H25FN6O5. The standard InChI is InChI=1S/C25H25FN6O5/c1-35-15-5-4-13(19(6-15)36-2)10-27-23-28-18-8-20(37-3)17(26)7-16(18)21-29-22(30-32(21)23)25-9-14(25)11-31(12-25)24(33)34/h4-8,14H,9-12H2,1-3H3,(H,27,28)(H,33,34)/t14-,25-/m0/s1. The lowest BCUT2D eigenvalue weighted by Gasteiger charge is -2.15. The van der Waals surface area contributed by atoms with Crippen LogP contribution in [0.3, 0.4) is 0 Å². The van der Waals surface area contributed by atoms with Crippen molar-refractivity contribution in [3.8, 4) is 17.2 Å². The van der Waals surface area contributed by atoms with Gasteiger partial charge in [0.25, 0.3) is 0 Å². The molecule has 0 unspecified atom stereocenters. The number of hydrogen-bond acceptors (Lipinski definition) is 8. The molecule has 2 aliphatic rings. The summed E-state index contributed by atoms with van der Waals surface area (Å²) in [5.41, 5.74) is 1.35. The molecule has 3 heterocycles. The summed E-state index contributed by atoms with van der Waals surface area (Å²) in [6.07, 6.45) is -0.139. The van der Waals surface area contributed by atoms with E-state index < -0.39 is 17.3 Å². The molecule has 0 bridgehead atoms. The normalized spacial score (nSPS) is 20.2. The quantitative estimate of drug-likeness (QED) is 0.387. The van der Waals surface area contributed by atoms with Crippen LogP contribution in [0.1, 0.15) is 17.8 Å². The van der Waals surface area contributed by atoms with Gasteiger partial charge in [0.1, 0.15) is 11.5 Å². The van der Waals surface area contributed by atoms with E-state index in [1.165, 1.54) is 24.1 Å². The molecule has 1 saturated heterocycles. The molecule has 1 saturated carbocycles. The Morgan fingerprint density at radius 2 is 1.97 bits per heavy atom. The first-order valence-electron chi connectivity index (χ1n) is 11.7. The molecule has 6 rings (SSSR count). The lowest BCUT2D eigenvalue weighted by Crippen LogP contribution is -2.31. The number of ether oxygens (including phenoxy) is 3. The summed E-state index contributed by atoms with van der Waals surface area (Å²) in [5.74, 6) is 1.95. The Labute approximate surface area is 210 Å². The molecule has 1 amide bonds. The maximum absolute atomic E-state index is 14.7. The lowest BCUT2D eigenvalue weighted by atomic mass is 10.1. The van der Waals surface area contributed by atoms with Gasteiger partial charge in [-0.3, -0.25) is 0 Å². The van der Waals surface area contributed by atoms with E-state index in [0.717, 1.165) is 12.0 Å². The molecule has 37 heavy (non-hydrogen) atoms. The topological polar surface area (TPSA) is 123 Å². The van der Waals surface area contributed by atoms with Crippen molar-refractivity contribution in [3.63, 3.8) is 0 Å². The number of benzene rings is 2. The number of likely N-dealkylation sites (tertiary alicyclic amines) is 1. The Bertz CT molecular complexity index is 1560. The highest BCUT2D eigenvalue weighted by Gasteiger charge is 2.64. The van der Waals surface area contributed by atoms with E-state index >= 15 is 0 Å². The van der Waals surface area contributed by atoms with Crippen LogP contribution < -0.4 is 19.5 Å². The number of amides is 1. The Morgan fingerprint density at radius 3 is 2.68 bits per heavy atom. The van der Waals surface area contributed by atoms with Crippen molar-refractivity contribution in [2.24, 2.45) is 5.92 Å². The molecule has 0 spiro atoms. The molecule has 1 aliphatic heterocycles. The van der Waals surface area contributed by atoms with Crippen molar-refractivity contribution in [2.45, 2.75) is 18.4 Å². The molecule has 1 aliphatic carbocycles. The molecule has 2 fully saturated rings. The van der Waals surface area contributed by atoms with Crippen LogP contribution in [0.15, 0.2) is 30.3 Å². The average Bonchev–Trinajstić information content (AvgIpc) is 3.24. The highest BCUT2D eigenvalue weighted by molar-refractivity contribution is 5.93. The summed E-state index contributed by atoms with van der Waals surface area (Å²) < 4.78 is 32.2. The number of hydrogen-bond donors (Lipinski definition) is 2. The second kappa shape index (κ2) is 8.36. The van der Waals surface area contributed by atoms with Crippen molar-refractivity contribution >= 4 is 28.6 Å². The number of nitrogens with one attached hydrogen (secondary N) is 1. The summed E-state index contributed by atoms with van der Waals surface area (Å²) in [5, 5.41) is 18.0. The van der Waals surface area contributed by atoms with E-state index in [1.54, 1.807) is 24.8 Å². The van der Waals surface area contributed by atoms with Gasteiger partial charge in [-0.05, 0) is 30.5 Å². The molecule has 2 aromatic carbocycles. The summed E-state index contributed by atoms with van der Waals surface area (Å²) in [6.45, 7) is 1.15. The molecule has 11 nitrogen and oxygen atoms in total. The van der Waals surface area contributed by atoms with Crippen molar-refractivity contribution < 1.29 is 28.5 Å². The number of fused-ring (bicyclic) bond motifs is 4. The zero-order valence-corrected chi connectivity index (χ0v) is 20.5.